The monoisotopic (exact) mass is 330 g/mol. The van der Waals surface area contributed by atoms with E-state index in [9.17, 15) is 8.42 Å². The Kier molecular flexibility index (Phi) is 4.68. The Morgan fingerprint density at radius 1 is 0.957 bits per heavy atom. The van der Waals surface area contributed by atoms with E-state index in [2.05, 4.69) is 14.9 Å². The van der Waals surface area contributed by atoms with Crippen molar-refractivity contribution in [2.45, 2.75) is 12.8 Å². The van der Waals surface area contributed by atoms with Crippen LogP contribution < -0.4 is 4.72 Å². The summed E-state index contributed by atoms with van der Waals surface area (Å²) in [4.78, 5) is 0. The van der Waals surface area contributed by atoms with Gasteiger partial charge in [0, 0.05) is 19.2 Å². The van der Waals surface area contributed by atoms with Gasteiger partial charge in [0.1, 0.15) is 5.82 Å². The van der Waals surface area contributed by atoms with E-state index in [-0.39, 0.29) is 5.75 Å². The molecular weight excluding hydrogens is 312 g/mol. The molecule has 0 radical (unpaired) electrons. The van der Waals surface area contributed by atoms with Crippen LogP contribution in [0.15, 0.2) is 54.7 Å². The molecule has 2 aromatic heterocycles. The van der Waals surface area contributed by atoms with Crippen LogP contribution in [0.4, 0.5) is 0 Å². The molecule has 0 unspecified atom stereocenters. The van der Waals surface area contributed by atoms with Gasteiger partial charge in [0.2, 0.25) is 10.0 Å². The lowest BCUT2D eigenvalue weighted by molar-refractivity contribution is 0.580. The summed E-state index contributed by atoms with van der Waals surface area (Å²) in [5.41, 5.74) is 1.77. The Balaban J connectivity index is 1.53. The number of nitrogens with one attached hydrogen (secondary N) is 1. The fourth-order valence-electron chi connectivity index (χ4n) is 2.35. The molecule has 0 fully saturated rings. The minimum atomic E-state index is -3.29. The minimum Gasteiger partial charge on any atom is -0.286 e. The van der Waals surface area contributed by atoms with Crippen molar-refractivity contribution in [3.8, 4) is 0 Å². The maximum atomic E-state index is 12.0. The van der Waals surface area contributed by atoms with Gasteiger partial charge in [-0.25, -0.2) is 13.1 Å². The van der Waals surface area contributed by atoms with Gasteiger partial charge in [-0.3, -0.25) is 4.40 Å². The van der Waals surface area contributed by atoms with Gasteiger partial charge in [-0.2, -0.15) is 0 Å². The first-order chi connectivity index (χ1) is 11.1. The van der Waals surface area contributed by atoms with Gasteiger partial charge in [-0.1, -0.05) is 36.4 Å². The molecule has 7 heteroatoms. The van der Waals surface area contributed by atoms with Crippen molar-refractivity contribution in [1.29, 1.82) is 0 Å². The van der Waals surface area contributed by atoms with Crippen LogP contribution in [-0.2, 0) is 22.9 Å². The van der Waals surface area contributed by atoms with Crippen LogP contribution in [0, 0.1) is 0 Å². The highest BCUT2D eigenvalue weighted by Gasteiger charge is 2.11. The summed E-state index contributed by atoms with van der Waals surface area (Å²) in [7, 11) is -3.29. The number of fused-ring (bicyclic) bond motifs is 1. The molecule has 0 saturated carbocycles. The molecule has 120 valence electrons. The van der Waals surface area contributed by atoms with E-state index in [0.717, 1.165) is 17.0 Å². The standard InChI is InChI=1S/C16H18N4O2S/c21-23(22,13-10-14-6-2-1-3-7-14)17-11-9-16-19-18-15-8-4-5-12-20(15)16/h1-8,12,17H,9-11,13H2. The Labute approximate surface area is 135 Å². The van der Waals surface area contributed by atoms with Crippen LogP contribution in [0.3, 0.4) is 0 Å². The lowest BCUT2D eigenvalue weighted by Gasteiger charge is -2.06. The normalized spacial score (nSPS) is 11.8. The molecule has 3 rings (SSSR count). The van der Waals surface area contributed by atoms with Crippen molar-refractivity contribution < 1.29 is 8.42 Å². The summed E-state index contributed by atoms with van der Waals surface area (Å²) in [6, 6.07) is 15.2. The Morgan fingerprint density at radius 2 is 1.74 bits per heavy atom. The number of sulfonamides is 1. The van der Waals surface area contributed by atoms with Crippen LogP contribution in [0.2, 0.25) is 0 Å². The summed E-state index contributed by atoms with van der Waals surface area (Å²) in [6.45, 7) is 0.312. The maximum Gasteiger partial charge on any atom is 0.211 e. The quantitative estimate of drug-likeness (QED) is 0.711. The average Bonchev–Trinajstić information content (AvgIpc) is 2.97. The molecule has 6 nitrogen and oxygen atoms in total. The predicted octanol–water partition coefficient (Wildman–Crippen LogP) is 1.43. The second-order valence-corrected chi connectivity index (χ2v) is 7.17. The molecule has 2 heterocycles. The largest absolute Gasteiger partial charge is 0.286 e. The van der Waals surface area contributed by atoms with E-state index in [1.54, 1.807) is 0 Å². The van der Waals surface area contributed by atoms with Crippen LogP contribution in [-0.4, -0.2) is 35.3 Å². The molecule has 0 aliphatic carbocycles. The topological polar surface area (TPSA) is 76.4 Å². The Hall–Kier alpha value is -2.25. The van der Waals surface area contributed by atoms with Gasteiger partial charge in [0.25, 0.3) is 0 Å². The zero-order valence-electron chi connectivity index (χ0n) is 12.6. The van der Waals surface area contributed by atoms with Crippen LogP contribution in [0.5, 0.6) is 0 Å². The minimum absolute atomic E-state index is 0.0809. The smallest absolute Gasteiger partial charge is 0.211 e. The summed E-state index contributed by atoms with van der Waals surface area (Å²) in [5.74, 6) is 0.823. The highest BCUT2D eigenvalue weighted by atomic mass is 32.2. The third-order valence-electron chi connectivity index (χ3n) is 3.56. The molecule has 0 aliphatic heterocycles. The molecule has 3 aromatic rings. The molecule has 1 aromatic carbocycles. The Morgan fingerprint density at radius 3 is 2.57 bits per heavy atom. The molecule has 1 N–H and O–H groups in total. The zero-order valence-corrected chi connectivity index (χ0v) is 13.4. The van der Waals surface area contributed by atoms with E-state index in [0.29, 0.717) is 19.4 Å². The maximum absolute atomic E-state index is 12.0. The summed E-state index contributed by atoms with van der Waals surface area (Å²) < 4.78 is 28.6. The molecule has 0 spiro atoms. The third kappa shape index (κ3) is 4.14. The fraction of sp³-hybridized carbons (Fsp3) is 0.250. The van der Waals surface area contributed by atoms with Crippen LogP contribution in [0.25, 0.3) is 5.65 Å². The third-order valence-corrected chi connectivity index (χ3v) is 4.94. The summed E-state index contributed by atoms with van der Waals surface area (Å²) in [5, 5.41) is 8.13. The lowest BCUT2D eigenvalue weighted by Crippen LogP contribution is -2.29. The van der Waals surface area contributed by atoms with Crippen molar-refractivity contribution in [3.63, 3.8) is 0 Å². The SMILES string of the molecule is O=S(=O)(CCc1ccccc1)NCCc1nnc2ccccn12. The highest BCUT2D eigenvalue weighted by Crippen LogP contribution is 2.04. The first-order valence-corrected chi connectivity index (χ1v) is 9.09. The van der Waals surface area contributed by atoms with Crippen LogP contribution >= 0.6 is 0 Å². The molecule has 0 saturated heterocycles. The van der Waals surface area contributed by atoms with Gasteiger partial charge in [0.05, 0.1) is 5.75 Å². The molecule has 0 amide bonds. The van der Waals surface area contributed by atoms with Gasteiger partial charge in [0.15, 0.2) is 5.65 Å². The Bertz CT molecular complexity index is 875. The van der Waals surface area contributed by atoms with E-state index >= 15 is 0 Å². The number of rotatable bonds is 7. The molecule has 0 aliphatic rings. The van der Waals surface area contributed by atoms with Crippen molar-refractivity contribution >= 4 is 15.7 Å². The number of aryl methyl sites for hydroxylation is 1. The number of hydrogen-bond donors (Lipinski definition) is 1. The zero-order chi connectivity index (χ0) is 16.1. The summed E-state index contributed by atoms with van der Waals surface area (Å²) in [6.07, 6.45) is 2.87. The number of nitrogens with zero attached hydrogens (tertiary/aromatic N) is 3. The molecule has 23 heavy (non-hydrogen) atoms. The van der Waals surface area contributed by atoms with E-state index in [1.165, 1.54) is 0 Å². The molecule has 0 atom stereocenters. The van der Waals surface area contributed by atoms with E-state index < -0.39 is 10.0 Å². The second-order valence-electron chi connectivity index (χ2n) is 5.24. The number of benzene rings is 1. The first-order valence-electron chi connectivity index (χ1n) is 7.44. The first kappa shape index (κ1) is 15.6. The van der Waals surface area contributed by atoms with Crippen molar-refractivity contribution in [2.24, 2.45) is 0 Å². The number of hydrogen-bond acceptors (Lipinski definition) is 4. The summed E-state index contributed by atoms with van der Waals surface area (Å²) >= 11 is 0. The van der Waals surface area contributed by atoms with Crippen LogP contribution in [0.1, 0.15) is 11.4 Å². The van der Waals surface area contributed by atoms with E-state index in [4.69, 9.17) is 0 Å². The van der Waals surface area contributed by atoms with Gasteiger partial charge in [-0.15, -0.1) is 10.2 Å². The highest BCUT2D eigenvalue weighted by molar-refractivity contribution is 7.89. The van der Waals surface area contributed by atoms with Crippen molar-refractivity contribution in [3.05, 3.63) is 66.1 Å². The lowest BCUT2D eigenvalue weighted by atomic mass is 10.2. The molecule has 0 bridgehead atoms. The van der Waals surface area contributed by atoms with E-state index in [1.807, 2.05) is 59.1 Å². The van der Waals surface area contributed by atoms with Gasteiger partial charge < -0.3 is 0 Å². The van der Waals surface area contributed by atoms with Crippen molar-refractivity contribution in [2.75, 3.05) is 12.3 Å². The van der Waals surface area contributed by atoms with Crippen molar-refractivity contribution in [1.82, 2.24) is 19.3 Å². The fourth-order valence-corrected chi connectivity index (χ4v) is 3.41. The number of pyridine rings is 1. The molecular formula is C16H18N4O2S. The van der Waals surface area contributed by atoms with Gasteiger partial charge >= 0.3 is 0 Å². The second kappa shape index (κ2) is 6.89. The predicted molar refractivity (Wildman–Crippen MR) is 88.6 cm³/mol. The van der Waals surface area contributed by atoms with Gasteiger partial charge in [-0.05, 0) is 24.1 Å². The average molecular weight is 330 g/mol. The number of aromatic nitrogens is 3.